The van der Waals surface area contributed by atoms with Gasteiger partial charge >= 0.3 is 6.18 Å². The van der Waals surface area contributed by atoms with Gasteiger partial charge in [-0.05, 0) is 30.7 Å². The first-order valence-electron chi connectivity index (χ1n) is 5.63. The van der Waals surface area contributed by atoms with Crippen LogP contribution in [0.2, 0.25) is 5.02 Å². The summed E-state index contributed by atoms with van der Waals surface area (Å²) < 4.78 is 37.9. The van der Waals surface area contributed by atoms with Gasteiger partial charge < -0.3 is 11.1 Å². The van der Waals surface area contributed by atoms with Crippen LogP contribution in [-0.4, -0.2) is 4.98 Å². The van der Waals surface area contributed by atoms with Crippen molar-refractivity contribution in [2.24, 2.45) is 0 Å². The summed E-state index contributed by atoms with van der Waals surface area (Å²) in [7, 11) is 0. The zero-order valence-electron chi connectivity index (χ0n) is 10.4. The molecule has 0 fully saturated rings. The van der Waals surface area contributed by atoms with Crippen LogP contribution in [0.1, 0.15) is 11.3 Å². The number of benzene rings is 1. The van der Waals surface area contributed by atoms with Crippen LogP contribution in [0.15, 0.2) is 30.5 Å². The molecule has 0 spiro atoms. The SMILES string of the molecule is Cc1ccc(Cl)c(Nc2cc(C(F)(F)F)ncc2N)c1. The van der Waals surface area contributed by atoms with E-state index in [1.165, 1.54) is 0 Å². The van der Waals surface area contributed by atoms with Crippen LogP contribution in [0.3, 0.4) is 0 Å². The number of hydrogen-bond donors (Lipinski definition) is 2. The second-order valence-corrected chi connectivity index (χ2v) is 4.67. The Labute approximate surface area is 118 Å². The lowest BCUT2D eigenvalue weighted by Gasteiger charge is -2.13. The molecule has 3 nitrogen and oxygen atoms in total. The van der Waals surface area contributed by atoms with Crippen molar-refractivity contribution in [2.45, 2.75) is 13.1 Å². The van der Waals surface area contributed by atoms with Gasteiger partial charge in [0.25, 0.3) is 0 Å². The number of hydrogen-bond acceptors (Lipinski definition) is 3. The highest BCUT2D eigenvalue weighted by molar-refractivity contribution is 6.33. The predicted octanol–water partition coefficient (Wildman–Crippen LogP) is 4.39. The molecule has 2 rings (SSSR count). The van der Waals surface area contributed by atoms with E-state index >= 15 is 0 Å². The molecule has 20 heavy (non-hydrogen) atoms. The van der Waals surface area contributed by atoms with Crippen molar-refractivity contribution in [3.63, 3.8) is 0 Å². The molecule has 0 amide bonds. The lowest BCUT2D eigenvalue weighted by Crippen LogP contribution is -2.09. The van der Waals surface area contributed by atoms with Crippen molar-refractivity contribution in [1.29, 1.82) is 0 Å². The molecule has 0 saturated carbocycles. The zero-order valence-corrected chi connectivity index (χ0v) is 11.2. The molecular weight excluding hydrogens is 291 g/mol. The molecule has 0 aliphatic rings. The average Bonchev–Trinajstić information content (AvgIpc) is 2.35. The minimum absolute atomic E-state index is 0.107. The van der Waals surface area contributed by atoms with Gasteiger partial charge in [0.05, 0.1) is 28.3 Å². The Morgan fingerprint density at radius 2 is 1.90 bits per heavy atom. The Balaban J connectivity index is 2.40. The van der Waals surface area contributed by atoms with Crippen LogP contribution >= 0.6 is 11.6 Å². The van der Waals surface area contributed by atoms with Gasteiger partial charge in [-0.15, -0.1) is 0 Å². The highest BCUT2D eigenvalue weighted by Gasteiger charge is 2.33. The van der Waals surface area contributed by atoms with Gasteiger partial charge in [0.15, 0.2) is 0 Å². The van der Waals surface area contributed by atoms with E-state index in [0.717, 1.165) is 17.8 Å². The largest absolute Gasteiger partial charge is 0.433 e. The number of anilines is 3. The molecule has 0 atom stereocenters. The monoisotopic (exact) mass is 301 g/mol. The van der Waals surface area contributed by atoms with Gasteiger partial charge in [-0.3, -0.25) is 0 Å². The number of alkyl halides is 3. The lowest BCUT2D eigenvalue weighted by atomic mass is 10.2. The minimum atomic E-state index is -4.53. The van der Waals surface area contributed by atoms with E-state index in [-0.39, 0.29) is 11.4 Å². The van der Waals surface area contributed by atoms with Crippen LogP contribution in [0.4, 0.5) is 30.2 Å². The third-order valence-corrected chi connectivity index (χ3v) is 2.95. The number of nitrogens with one attached hydrogen (secondary N) is 1. The number of aromatic nitrogens is 1. The standard InChI is InChI=1S/C13H11ClF3N3/c1-7-2-3-8(14)10(4-7)20-11-5-12(13(15,16)17)19-6-9(11)18/h2-6H,18H2,1H3,(H,19,20). The van der Waals surface area contributed by atoms with E-state index in [1.54, 1.807) is 18.2 Å². The van der Waals surface area contributed by atoms with E-state index in [1.807, 2.05) is 6.92 Å². The second-order valence-electron chi connectivity index (χ2n) is 4.26. The van der Waals surface area contributed by atoms with Gasteiger partial charge in [0.1, 0.15) is 5.69 Å². The van der Waals surface area contributed by atoms with Gasteiger partial charge in [0.2, 0.25) is 0 Å². The molecule has 106 valence electrons. The quantitative estimate of drug-likeness (QED) is 0.865. The molecule has 2 aromatic rings. The van der Waals surface area contributed by atoms with E-state index in [0.29, 0.717) is 10.7 Å². The molecular formula is C13H11ClF3N3. The summed E-state index contributed by atoms with van der Waals surface area (Å²) in [4.78, 5) is 3.27. The summed E-state index contributed by atoms with van der Waals surface area (Å²) in [6.07, 6.45) is -3.56. The van der Waals surface area contributed by atoms with E-state index in [2.05, 4.69) is 10.3 Å². The van der Waals surface area contributed by atoms with Gasteiger partial charge in [-0.1, -0.05) is 17.7 Å². The molecule has 0 unspecified atom stereocenters. The maximum Gasteiger partial charge on any atom is 0.433 e. The first-order chi connectivity index (χ1) is 9.27. The predicted molar refractivity (Wildman–Crippen MR) is 73.1 cm³/mol. The summed E-state index contributed by atoms with van der Waals surface area (Å²) in [5.74, 6) is 0. The molecule has 1 aromatic heterocycles. The molecule has 7 heteroatoms. The van der Waals surface area contributed by atoms with Crippen molar-refractivity contribution >= 4 is 28.7 Å². The second kappa shape index (κ2) is 5.20. The number of nitrogens with two attached hydrogens (primary N) is 1. The summed E-state index contributed by atoms with van der Waals surface area (Å²) in [5, 5.41) is 3.19. The third kappa shape index (κ3) is 3.14. The van der Waals surface area contributed by atoms with Crippen molar-refractivity contribution in [1.82, 2.24) is 4.98 Å². The lowest BCUT2D eigenvalue weighted by molar-refractivity contribution is -0.141. The zero-order chi connectivity index (χ0) is 14.9. The molecule has 0 aliphatic heterocycles. The van der Waals surface area contributed by atoms with E-state index < -0.39 is 11.9 Å². The van der Waals surface area contributed by atoms with Crippen LogP contribution in [0, 0.1) is 6.92 Å². The van der Waals surface area contributed by atoms with Crippen LogP contribution in [-0.2, 0) is 6.18 Å². The Kier molecular flexibility index (Phi) is 3.76. The molecule has 1 heterocycles. The minimum Gasteiger partial charge on any atom is -0.396 e. The molecule has 0 aliphatic carbocycles. The Morgan fingerprint density at radius 3 is 2.55 bits per heavy atom. The van der Waals surface area contributed by atoms with Crippen molar-refractivity contribution in [3.8, 4) is 0 Å². The fourth-order valence-corrected chi connectivity index (χ4v) is 1.77. The van der Waals surface area contributed by atoms with Crippen molar-refractivity contribution < 1.29 is 13.2 Å². The number of pyridine rings is 1. The molecule has 1 aromatic carbocycles. The topological polar surface area (TPSA) is 50.9 Å². The first-order valence-corrected chi connectivity index (χ1v) is 6.01. The van der Waals surface area contributed by atoms with Crippen molar-refractivity contribution in [2.75, 3.05) is 11.1 Å². The van der Waals surface area contributed by atoms with Gasteiger partial charge in [-0.25, -0.2) is 4.98 Å². The fraction of sp³-hybridized carbons (Fsp3) is 0.154. The highest BCUT2D eigenvalue weighted by atomic mass is 35.5. The molecule has 0 bridgehead atoms. The Bertz CT molecular complexity index is 641. The number of aryl methyl sites for hydroxylation is 1. The highest BCUT2D eigenvalue weighted by Crippen LogP contribution is 2.34. The number of rotatable bonds is 2. The normalized spacial score (nSPS) is 11.4. The van der Waals surface area contributed by atoms with Gasteiger partial charge in [0, 0.05) is 0 Å². The number of halogens is 4. The maximum atomic E-state index is 12.6. The smallest absolute Gasteiger partial charge is 0.396 e. The fourth-order valence-electron chi connectivity index (χ4n) is 1.61. The Hall–Kier alpha value is -1.95. The maximum absolute atomic E-state index is 12.6. The van der Waals surface area contributed by atoms with E-state index in [9.17, 15) is 13.2 Å². The molecule has 0 saturated heterocycles. The summed E-state index contributed by atoms with van der Waals surface area (Å²) in [6.45, 7) is 1.85. The number of nitrogens with zero attached hydrogens (tertiary/aromatic N) is 1. The number of nitrogen functional groups attached to an aromatic ring is 1. The van der Waals surface area contributed by atoms with Gasteiger partial charge in [-0.2, -0.15) is 13.2 Å². The summed E-state index contributed by atoms with van der Waals surface area (Å²) >= 11 is 5.99. The summed E-state index contributed by atoms with van der Waals surface area (Å²) in [6, 6.07) is 6.02. The van der Waals surface area contributed by atoms with E-state index in [4.69, 9.17) is 17.3 Å². The van der Waals surface area contributed by atoms with Crippen LogP contribution < -0.4 is 11.1 Å². The summed E-state index contributed by atoms with van der Waals surface area (Å²) in [5.41, 5.74) is 6.24. The Morgan fingerprint density at radius 1 is 1.20 bits per heavy atom. The molecule has 3 N–H and O–H groups in total. The molecule has 0 radical (unpaired) electrons. The van der Waals surface area contributed by atoms with Crippen LogP contribution in [0.5, 0.6) is 0 Å². The first kappa shape index (κ1) is 14.5. The third-order valence-electron chi connectivity index (χ3n) is 2.62. The average molecular weight is 302 g/mol. The van der Waals surface area contributed by atoms with Crippen LogP contribution in [0.25, 0.3) is 0 Å². The van der Waals surface area contributed by atoms with Crippen molar-refractivity contribution in [3.05, 3.63) is 46.7 Å².